The van der Waals surface area contributed by atoms with E-state index >= 15 is 0 Å². The standard InChI is InChI=1S/C17H18N2O/c1-13-3-8-17(20-2)15(11-13)12-19-16-6-4-14(5-7-16)9-10-18/h3-8,11,19H,9,12H2,1-2H3. The number of aryl methyl sites for hydroxylation is 1. The molecule has 0 atom stereocenters. The van der Waals surface area contributed by atoms with E-state index in [0.717, 1.165) is 22.6 Å². The molecule has 0 aliphatic heterocycles. The molecule has 2 aromatic rings. The number of nitrogens with zero attached hydrogens (tertiary/aromatic N) is 1. The summed E-state index contributed by atoms with van der Waals surface area (Å²) in [5.41, 5.74) is 4.42. The lowest BCUT2D eigenvalue weighted by Gasteiger charge is -2.11. The zero-order valence-corrected chi connectivity index (χ0v) is 11.8. The minimum Gasteiger partial charge on any atom is -0.496 e. The topological polar surface area (TPSA) is 45.0 Å². The van der Waals surface area contributed by atoms with E-state index in [9.17, 15) is 0 Å². The Labute approximate surface area is 119 Å². The Balaban J connectivity index is 2.05. The maximum absolute atomic E-state index is 8.65. The molecule has 0 spiro atoms. The first-order chi connectivity index (χ1) is 9.72. The van der Waals surface area contributed by atoms with Crippen LogP contribution in [0.4, 0.5) is 5.69 Å². The normalized spacial score (nSPS) is 9.85. The van der Waals surface area contributed by atoms with E-state index in [1.165, 1.54) is 5.56 Å². The van der Waals surface area contributed by atoms with Gasteiger partial charge in [0.15, 0.2) is 0 Å². The lowest BCUT2D eigenvalue weighted by molar-refractivity contribution is 0.410. The molecule has 1 N–H and O–H groups in total. The van der Waals surface area contributed by atoms with Crippen LogP contribution in [0.25, 0.3) is 0 Å². The first kappa shape index (κ1) is 14.0. The molecule has 0 aliphatic rings. The Morgan fingerprint density at radius 3 is 2.55 bits per heavy atom. The van der Waals surface area contributed by atoms with Crippen molar-refractivity contribution in [3.05, 3.63) is 59.2 Å². The van der Waals surface area contributed by atoms with Gasteiger partial charge in [-0.05, 0) is 30.7 Å². The summed E-state index contributed by atoms with van der Waals surface area (Å²) in [6.45, 7) is 2.78. The molecule has 0 fully saturated rings. The third kappa shape index (κ3) is 3.52. The summed E-state index contributed by atoms with van der Waals surface area (Å²) in [4.78, 5) is 0. The molecule has 3 heteroatoms. The van der Waals surface area contributed by atoms with Gasteiger partial charge in [-0.1, -0.05) is 29.8 Å². The molecule has 3 nitrogen and oxygen atoms in total. The first-order valence-electron chi connectivity index (χ1n) is 6.56. The van der Waals surface area contributed by atoms with Crippen LogP contribution in [-0.4, -0.2) is 7.11 Å². The minimum absolute atomic E-state index is 0.450. The summed E-state index contributed by atoms with van der Waals surface area (Å²) < 4.78 is 5.36. The van der Waals surface area contributed by atoms with Crippen molar-refractivity contribution in [1.29, 1.82) is 5.26 Å². The monoisotopic (exact) mass is 266 g/mol. The second-order valence-corrected chi connectivity index (χ2v) is 4.70. The number of rotatable bonds is 5. The van der Waals surface area contributed by atoms with E-state index < -0.39 is 0 Å². The van der Waals surface area contributed by atoms with E-state index in [-0.39, 0.29) is 0 Å². The summed E-state index contributed by atoms with van der Waals surface area (Å²) in [5.74, 6) is 0.893. The summed E-state index contributed by atoms with van der Waals surface area (Å²) in [5, 5.41) is 12.0. The Kier molecular flexibility index (Phi) is 4.62. The van der Waals surface area contributed by atoms with Crippen LogP contribution in [0.5, 0.6) is 5.75 Å². The van der Waals surface area contributed by atoms with E-state index in [2.05, 4.69) is 24.4 Å². The number of nitriles is 1. The SMILES string of the molecule is COc1ccc(C)cc1CNc1ccc(CC#N)cc1. The van der Waals surface area contributed by atoms with Gasteiger partial charge in [-0.2, -0.15) is 5.26 Å². The molecular formula is C17H18N2O. The molecule has 0 unspecified atom stereocenters. The number of methoxy groups -OCH3 is 1. The van der Waals surface area contributed by atoms with Crippen molar-refractivity contribution in [2.45, 2.75) is 19.9 Å². The molecule has 0 radical (unpaired) electrons. The fourth-order valence-corrected chi connectivity index (χ4v) is 2.07. The predicted molar refractivity (Wildman–Crippen MR) is 80.8 cm³/mol. The second kappa shape index (κ2) is 6.63. The van der Waals surface area contributed by atoms with Gasteiger partial charge in [-0.3, -0.25) is 0 Å². The fraction of sp³-hybridized carbons (Fsp3) is 0.235. The van der Waals surface area contributed by atoms with Crippen molar-refractivity contribution < 1.29 is 4.74 Å². The maximum Gasteiger partial charge on any atom is 0.123 e. The van der Waals surface area contributed by atoms with Crippen LogP contribution in [0.1, 0.15) is 16.7 Å². The highest BCUT2D eigenvalue weighted by Crippen LogP contribution is 2.21. The molecule has 0 amide bonds. The first-order valence-corrected chi connectivity index (χ1v) is 6.56. The molecule has 0 saturated carbocycles. The zero-order valence-electron chi connectivity index (χ0n) is 11.8. The highest BCUT2D eigenvalue weighted by Gasteiger charge is 2.03. The van der Waals surface area contributed by atoms with Gasteiger partial charge in [0.05, 0.1) is 19.6 Å². The van der Waals surface area contributed by atoms with Gasteiger partial charge in [-0.25, -0.2) is 0 Å². The zero-order chi connectivity index (χ0) is 14.4. The number of ether oxygens (including phenoxy) is 1. The number of nitrogens with one attached hydrogen (secondary N) is 1. The molecule has 102 valence electrons. The van der Waals surface area contributed by atoms with Gasteiger partial charge in [-0.15, -0.1) is 0 Å². The summed E-state index contributed by atoms with van der Waals surface area (Å²) in [7, 11) is 1.69. The number of hydrogen-bond acceptors (Lipinski definition) is 3. The van der Waals surface area contributed by atoms with E-state index in [4.69, 9.17) is 10.00 Å². The Morgan fingerprint density at radius 2 is 1.90 bits per heavy atom. The van der Waals surface area contributed by atoms with Gasteiger partial charge in [0, 0.05) is 17.8 Å². The number of benzene rings is 2. The lowest BCUT2D eigenvalue weighted by atomic mass is 10.1. The van der Waals surface area contributed by atoms with Crippen molar-refractivity contribution in [2.75, 3.05) is 12.4 Å². The predicted octanol–water partition coefficient (Wildman–Crippen LogP) is 3.68. The largest absolute Gasteiger partial charge is 0.496 e. The van der Waals surface area contributed by atoms with Crippen LogP contribution in [0, 0.1) is 18.3 Å². The highest BCUT2D eigenvalue weighted by molar-refractivity contribution is 5.47. The summed E-state index contributed by atoms with van der Waals surface area (Å²) in [6.07, 6.45) is 0.450. The fourth-order valence-electron chi connectivity index (χ4n) is 2.07. The van der Waals surface area contributed by atoms with Crippen molar-refractivity contribution >= 4 is 5.69 Å². The van der Waals surface area contributed by atoms with Crippen LogP contribution in [0.3, 0.4) is 0 Å². The van der Waals surface area contributed by atoms with Crippen molar-refractivity contribution in [2.24, 2.45) is 0 Å². The van der Waals surface area contributed by atoms with Crippen LogP contribution in [0.2, 0.25) is 0 Å². The van der Waals surface area contributed by atoms with Crippen molar-refractivity contribution in [1.82, 2.24) is 0 Å². The molecule has 2 rings (SSSR count). The average Bonchev–Trinajstić information content (AvgIpc) is 2.47. The van der Waals surface area contributed by atoms with Gasteiger partial charge in [0.2, 0.25) is 0 Å². The molecule has 0 saturated heterocycles. The van der Waals surface area contributed by atoms with Crippen molar-refractivity contribution in [3.63, 3.8) is 0 Å². The van der Waals surface area contributed by atoms with Crippen LogP contribution >= 0.6 is 0 Å². The molecule has 0 aromatic heterocycles. The van der Waals surface area contributed by atoms with Crippen molar-refractivity contribution in [3.8, 4) is 11.8 Å². The Morgan fingerprint density at radius 1 is 1.15 bits per heavy atom. The molecular weight excluding hydrogens is 248 g/mol. The number of anilines is 1. The molecule has 20 heavy (non-hydrogen) atoms. The quantitative estimate of drug-likeness (QED) is 0.897. The minimum atomic E-state index is 0.450. The van der Waals surface area contributed by atoms with Gasteiger partial charge in [0.25, 0.3) is 0 Å². The molecule has 2 aromatic carbocycles. The number of hydrogen-bond donors (Lipinski definition) is 1. The summed E-state index contributed by atoms with van der Waals surface area (Å²) >= 11 is 0. The maximum atomic E-state index is 8.65. The third-order valence-corrected chi connectivity index (χ3v) is 3.16. The Bertz CT molecular complexity index is 612. The highest BCUT2D eigenvalue weighted by atomic mass is 16.5. The lowest BCUT2D eigenvalue weighted by Crippen LogP contribution is -2.02. The smallest absolute Gasteiger partial charge is 0.123 e. The molecule has 0 aliphatic carbocycles. The molecule has 0 bridgehead atoms. The van der Waals surface area contributed by atoms with Crippen LogP contribution in [-0.2, 0) is 13.0 Å². The van der Waals surface area contributed by atoms with Gasteiger partial charge >= 0.3 is 0 Å². The summed E-state index contributed by atoms with van der Waals surface area (Å²) in [6, 6.07) is 16.2. The van der Waals surface area contributed by atoms with Crippen LogP contribution in [0.15, 0.2) is 42.5 Å². The van der Waals surface area contributed by atoms with E-state index in [1.54, 1.807) is 7.11 Å². The van der Waals surface area contributed by atoms with Crippen LogP contribution < -0.4 is 10.1 Å². The second-order valence-electron chi connectivity index (χ2n) is 4.70. The van der Waals surface area contributed by atoms with Gasteiger partial charge < -0.3 is 10.1 Å². The average molecular weight is 266 g/mol. The Hall–Kier alpha value is -2.47. The molecule has 0 heterocycles. The third-order valence-electron chi connectivity index (χ3n) is 3.16. The van der Waals surface area contributed by atoms with Gasteiger partial charge in [0.1, 0.15) is 5.75 Å². The van der Waals surface area contributed by atoms with E-state index in [0.29, 0.717) is 13.0 Å². The van der Waals surface area contributed by atoms with E-state index in [1.807, 2.05) is 36.4 Å².